The van der Waals surface area contributed by atoms with E-state index in [4.69, 9.17) is 4.74 Å². The molecule has 14 heteroatoms. The lowest BCUT2D eigenvalue weighted by atomic mass is 10.0. The Bertz CT molecular complexity index is 1190. The Kier molecular flexibility index (Phi) is 6.41. The maximum Gasteiger partial charge on any atom is 0.451 e. The Morgan fingerprint density at radius 3 is 2.42 bits per heavy atom. The number of aromatic nitrogens is 3. The van der Waals surface area contributed by atoms with Gasteiger partial charge in [-0.25, -0.2) is 18.0 Å². The molecule has 8 nitrogen and oxygen atoms in total. The van der Waals surface area contributed by atoms with Gasteiger partial charge in [0.25, 0.3) is 0 Å². The SMILES string of the molecule is CC(C)(C)OC(=O)NC(CC(=O)N1CC2CC1c1nnc(C(F)(F)F)n12)Cc1cc(F)c(F)cc1F. The molecule has 2 aromatic rings. The van der Waals surface area contributed by atoms with E-state index in [0.29, 0.717) is 12.1 Å². The fourth-order valence-corrected chi connectivity index (χ4v) is 4.57. The molecular formula is C22H23F6N5O3. The summed E-state index contributed by atoms with van der Waals surface area (Å²) in [5.41, 5.74) is -1.17. The summed E-state index contributed by atoms with van der Waals surface area (Å²) in [5.74, 6) is -5.42. The molecule has 2 amide bonds. The number of amides is 2. The quantitative estimate of drug-likeness (QED) is 0.475. The molecule has 4 rings (SSSR count). The van der Waals surface area contributed by atoms with Crippen LogP contribution >= 0.6 is 0 Å². The van der Waals surface area contributed by atoms with Crippen LogP contribution in [0.25, 0.3) is 0 Å². The Hall–Kier alpha value is -3.32. The molecule has 0 spiro atoms. The molecule has 1 aromatic heterocycles. The van der Waals surface area contributed by atoms with E-state index >= 15 is 0 Å². The maximum absolute atomic E-state index is 14.3. The largest absolute Gasteiger partial charge is 0.451 e. The van der Waals surface area contributed by atoms with Gasteiger partial charge in [-0.3, -0.25) is 4.79 Å². The van der Waals surface area contributed by atoms with E-state index in [0.717, 1.165) is 4.57 Å². The van der Waals surface area contributed by atoms with Gasteiger partial charge in [0.15, 0.2) is 17.5 Å². The van der Waals surface area contributed by atoms with E-state index < -0.39 is 71.6 Å². The minimum Gasteiger partial charge on any atom is -0.444 e. The van der Waals surface area contributed by atoms with E-state index in [9.17, 15) is 35.9 Å². The third kappa shape index (κ3) is 5.12. The van der Waals surface area contributed by atoms with Crippen molar-refractivity contribution in [2.75, 3.05) is 6.54 Å². The first-order chi connectivity index (χ1) is 16.6. The van der Waals surface area contributed by atoms with Crippen molar-refractivity contribution < 1.29 is 40.7 Å². The lowest BCUT2D eigenvalue weighted by Gasteiger charge is -2.30. The van der Waals surface area contributed by atoms with Crippen molar-refractivity contribution in [3.05, 3.63) is 46.8 Å². The van der Waals surface area contributed by atoms with Crippen LogP contribution in [0, 0.1) is 17.5 Å². The van der Waals surface area contributed by atoms with Crippen LogP contribution in [-0.2, 0) is 22.1 Å². The fourth-order valence-electron chi connectivity index (χ4n) is 4.57. The predicted molar refractivity (Wildman–Crippen MR) is 111 cm³/mol. The van der Waals surface area contributed by atoms with E-state index in [1.165, 1.54) is 4.90 Å². The summed E-state index contributed by atoms with van der Waals surface area (Å²) >= 11 is 0. The summed E-state index contributed by atoms with van der Waals surface area (Å²) in [6.07, 6.45) is -6.16. The zero-order chi connectivity index (χ0) is 26.6. The number of fused-ring (bicyclic) bond motifs is 5. The molecule has 0 saturated carbocycles. The van der Waals surface area contributed by atoms with Gasteiger partial charge in [0.05, 0.1) is 12.1 Å². The highest BCUT2D eigenvalue weighted by Gasteiger charge is 2.51. The van der Waals surface area contributed by atoms with Gasteiger partial charge in [0.1, 0.15) is 11.4 Å². The van der Waals surface area contributed by atoms with Crippen molar-refractivity contribution in [1.82, 2.24) is 25.0 Å². The number of carbonyl (C=O) groups is 2. The molecule has 3 atom stereocenters. The monoisotopic (exact) mass is 519 g/mol. The number of alkyl halides is 3. The molecule has 2 aliphatic rings. The van der Waals surface area contributed by atoms with Crippen LogP contribution in [0.4, 0.5) is 31.1 Å². The number of hydrogen-bond acceptors (Lipinski definition) is 5. The molecule has 3 unspecified atom stereocenters. The van der Waals surface area contributed by atoms with E-state index in [1.807, 2.05) is 0 Å². The van der Waals surface area contributed by atoms with E-state index in [1.54, 1.807) is 20.8 Å². The van der Waals surface area contributed by atoms with Crippen molar-refractivity contribution in [2.45, 2.75) is 69.9 Å². The lowest BCUT2D eigenvalue weighted by molar-refractivity contribution is -0.148. The third-order valence-electron chi connectivity index (χ3n) is 5.94. The number of rotatable bonds is 5. The van der Waals surface area contributed by atoms with Gasteiger partial charge in [-0.15, -0.1) is 10.2 Å². The van der Waals surface area contributed by atoms with E-state index in [-0.39, 0.29) is 30.8 Å². The molecule has 196 valence electrons. The maximum atomic E-state index is 14.3. The highest BCUT2D eigenvalue weighted by Crippen LogP contribution is 2.47. The Morgan fingerprint density at radius 2 is 1.78 bits per heavy atom. The van der Waals surface area contributed by atoms with Crippen LogP contribution in [0.15, 0.2) is 12.1 Å². The molecule has 2 bridgehead atoms. The van der Waals surface area contributed by atoms with E-state index in [2.05, 4.69) is 15.5 Å². The van der Waals surface area contributed by atoms with Crippen LogP contribution in [-0.4, -0.2) is 49.9 Å². The van der Waals surface area contributed by atoms with Gasteiger partial charge >= 0.3 is 12.3 Å². The number of halogens is 6. The van der Waals surface area contributed by atoms with Crippen LogP contribution in [0.5, 0.6) is 0 Å². The van der Waals surface area contributed by atoms with Crippen LogP contribution < -0.4 is 5.32 Å². The molecule has 3 heterocycles. The molecule has 1 fully saturated rings. The first kappa shape index (κ1) is 25.8. The number of ether oxygens (including phenoxy) is 1. The second-order valence-electron chi connectivity index (χ2n) is 9.81. The number of alkyl carbamates (subject to hydrolysis) is 1. The summed E-state index contributed by atoms with van der Waals surface area (Å²) in [5, 5.41) is 9.31. The average Bonchev–Trinajstić information content (AvgIpc) is 3.41. The Labute approximate surface area is 201 Å². The van der Waals surface area contributed by atoms with Crippen molar-refractivity contribution in [1.29, 1.82) is 0 Å². The van der Waals surface area contributed by atoms with Crippen LogP contribution in [0.1, 0.15) is 62.9 Å². The van der Waals surface area contributed by atoms with Crippen molar-refractivity contribution >= 4 is 12.0 Å². The Morgan fingerprint density at radius 1 is 1.11 bits per heavy atom. The zero-order valence-electron chi connectivity index (χ0n) is 19.5. The molecule has 0 radical (unpaired) electrons. The summed E-state index contributed by atoms with van der Waals surface area (Å²) in [7, 11) is 0. The summed E-state index contributed by atoms with van der Waals surface area (Å²) in [6.45, 7) is 4.78. The highest BCUT2D eigenvalue weighted by atomic mass is 19.4. The van der Waals surface area contributed by atoms with Crippen LogP contribution in [0.2, 0.25) is 0 Å². The number of nitrogens with zero attached hydrogens (tertiary/aromatic N) is 4. The predicted octanol–water partition coefficient (Wildman–Crippen LogP) is 4.07. The summed E-state index contributed by atoms with van der Waals surface area (Å²) in [4.78, 5) is 26.8. The van der Waals surface area contributed by atoms with Gasteiger partial charge in [-0.1, -0.05) is 0 Å². The zero-order valence-corrected chi connectivity index (χ0v) is 19.5. The summed E-state index contributed by atoms with van der Waals surface area (Å²) < 4.78 is 87.2. The molecule has 36 heavy (non-hydrogen) atoms. The number of hydrogen-bond donors (Lipinski definition) is 1. The Balaban J connectivity index is 1.53. The molecule has 0 aliphatic carbocycles. The molecule has 1 N–H and O–H groups in total. The first-order valence-corrected chi connectivity index (χ1v) is 11.1. The molecule has 1 aromatic carbocycles. The van der Waals surface area contributed by atoms with Crippen molar-refractivity contribution in [2.24, 2.45) is 0 Å². The molecular weight excluding hydrogens is 496 g/mol. The average molecular weight is 519 g/mol. The number of likely N-dealkylation sites (tertiary alicyclic amines) is 1. The topological polar surface area (TPSA) is 89.3 Å². The van der Waals surface area contributed by atoms with Crippen molar-refractivity contribution in [3.63, 3.8) is 0 Å². The fraction of sp³-hybridized carbons (Fsp3) is 0.545. The second kappa shape index (κ2) is 8.96. The molecule has 1 saturated heterocycles. The van der Waals surface area contributed by atoms with Gasteiger partial charge in [-0.2, -0.15) is 13.2 Å². The van der Waals surface area contributed by atoms with Gasteiger partial charge in [0, 0.05) is 25.1 Å². The minimum absolute atomic E-state index is 0.00947. The van der Waals surface area contributed by atoms with Crippen LogP contribution in [0.3, 0.4) is 0 Å². The second-order valence-corrected chi connectivity index (χ2v) is 9.81. The minimum atomic E-state index is -4.69. The van der Waals surface area contributed by atoms with Gasteiger partial charge in [-0.05, 0) is 45.2 Å². The third-order valence-corrected chi connectivity index (χ3v) is 5.94. The normalized spacial score (nSPS) is 19.9. The highest BCUT2D eigenvalue weighted by molar-refractivity contribution is 5.79. The first-order valence-electron chi connectivity index (χ1n) is 11.1. The molecule has 2 aliphatic heterocycles. The number of nitrogens with one attached hydrogen (secondary N) is 1. The standard InChI is InChI=1S/C22H23F6N5O3/c1-21(2,3)36-20(35)29-11(4-10-5-14(24)15(25)8-13(10)23)6-17(34)32-9-12-7-16(32)18-30-31-19(33(12)18)22(26,27)28/h5,8,11-12,16H,4,6-7,9H2,1-3H3,(H,29,35). The lowest BCUT2D eigenvalue weighted by Crippen LogP contribution is -2.44. The van der Waals surface area contributed by atoms with Crippen molar-refractivity contribution in [3.8, 4) is 0 Å². The number of carbonyl (C=O) groups excluding carboxylic acids is 2. The van der Waals surface area contributed by atoms with Gasteiger partial charge < -0.3 is 19.5 Å². The number of benzene rings is 1. The summed E-state index contributed by atoms with van der Waals surface area (Å²) in [6, 6.07) is -1.50. The van der Waals surface area contributed by atoms with Gasteiger partial charge in [0.2, 0.25) is 11.7 Å². The smallest absolute Gasteiger partial charge is 0.444 e.